The van der Waals surface area contributed by atoms with Gasteiger partial charge in [-0.2, -0.15) is 0 Å². The Labute approximate surface area is 98.6 Å². The molecule has 0 aromatic heterocycles. The molecule has 2 aliphatic rings. The molecule has 1 fully saturated rings. The summed E-state index contributed by atoms with van der Waals surface area (Å²) in [5.74, 6) is -0.477. The molecular formula is C13H20O2Si. The van der Waals surface area contributed by atoms with Gasteiger partial charge in [-0.15, -0.1) is 6.58 Å². The van der Waals surface area contributed by atoms with Gasteiger partial charge in [0.05, 0.1) is 0 Å². The third-order valence-corrected chi connectivity index (χ3v) is 6.23. The van der Waals surface area contributed by atoms with Crippen molar-refractivity contribution in [2.24, 2.45) is 0 Å². The Morgan fingerprint density at radius 3 is 2.69 bits per heavy atom. The minimum atomic E-state index is -1.56. The van der Waals surface area contributed by atoms with Gasteiger partial charge in [0.15, 0.2) is 5.79 Å². The first kappa shape index (κ1) is 11.8. The molecule has 1 heterocycles. The summed E-state index contributed by atoms with van der Waals surface area (Å²) in [6.07, 6.45) is 6.50. The van der Waals surface area contributed by atoms with Gasteiger partial charge in [-0.3, -0.25) is 0 Å². The van der Waals surface area contributed by atoms with E-state index >= 15 is 0 Å². The molecule has 0 aromatic rings. The van der Waals surface area contributed by atoms with E-state index in [1.54, 1.807) is 0 Å². The van der Waals surface area contributed by atoms with Crippen LogP contribution in [-0.2, 0) is 9.47 Å². The third kappa shape index (κ3) is 1.95. The number of fused-ring (bicyclic) bond motifs is 1. The van der Waals surface area contributed by atoms with Gasteiger partial charge in [-0.1, -0.05) is 37.0 Å². The smallest absolute Gasteiger partial charge is 0.164 e. The van der Waals surface area contributed by atoms with E-state index in [9.17, 15) is 0 Å². The predicted octanol–water partition coefficient (Wildman–Crippen LogP) is 2.98. The standard InChI is InChI=1S/C13H20O2Si/c1-6-16(4,5)11-9-7-8-10-12(11)15-13(2,3)14-10/h6-10,12H,1H2,2-5H3/t10-,12-/m0/s1. The van der Waals surface area contributed by atoms with Crippen LogP contribution in [0.5, 0.6) is 0 Å². The van der Waals surface area contributed by atoms with Crippen LogP contribution < -0.4 is 0 Å². The van der Waals surface area contributed by atoms with E-state index in [4.69, 9.17) is 9.47 Å². The van der Waals surface area contributed by atoms with Crippen molar-refractivity contribution in [1.29, 1.82) is 0 Å². The number of hydrogen-bond acceptors (Lipinski definition) is 2. The van der Waals surface area contributed by atoms with Gasteiger partial charge in [-0.05, 0) is 19.0 Å². The van der Waals surface area contributed by atoms with Gasteiger partial charge in [0, 0.05) is 0 Å². The maximum absolute atomic E-state index is 6.00. The summed E-state index contributed by atoms with van der Waals surface area (Å²) < 4.78 is 11.9. The molecule has 0 amide bonds. The summed E-state index contributed by atoms with van der Waals surface area (Å²) in [7, 11) is -1.56. The largest absolute Gasteiger partial charge is 0.340 e. The second-order valence-corrected chi connectivity index (χ2v) is 9.88. The van der Waals surface area contributed by atoms with E-state index in [1.165, 1.54) is 5.20 Å². The number of hydrogen-bond donors (Lipinski definition) is 0. The van der Waals surface area contributed by atoms with Crippen LogP contribution in [0.25, 0.3) is 0 Å². The highest BCUT2D eigenvalue weighted by molar-refractivity contribution is 6.88. The molecule has 3 heteroatoms. The molecule has 2 rings (SSSR count). The molecule has 0 bridgehead atoms. The van der Waals surface area contributed by atoms with Crippen molar-refractivity contribution in [2.75, 3.05) is 0 Å². The average molecular weight is 236 g/mol. The summed E-state index contributed by atoms with van der Waals surface area (Å²) in [6.45, 7) is 12.5. The summed E-state index contributed by atoms with van der Waals surface area (Å²) >= 11 is 0. The molecule has 88 valence electrons. The second kappa shape index (κ2) is 3.69. The zero-order valence-electron chi connectivity index (χ0n) is 10.5. The van der Waals surface area contributed by atoms with Crippen molar-refractivity contribution in [2.45, 2.75) is 44.9 Å². The lowest BCUT2D eigenvalue weighted by Crippen LogP contribution is -2.39. The maximum atomic E-state index is 6.00. The first-order valence-corrected chi connectivity index (χ1v) is 8.81. The molecule has 0 aromatic carbocycles. The molecule has 0 saturated carbocycles. The summed E-state index contributed by atoms with van der Waals surface area (Å²) in [6, 6.07) is 0. The topological polar surface area (TPSA) is 18.5 Å². The lowest BCUT2D eigenvalue weighted by atomic mass is 10.1. The molecule has 16 heavy (non-hydrogen) atoms. The monoisotopic (exact) mass is 236 g/mol. The zero-order valence-corrected chi connectivity index (χ0v) is 11.5. The first-order chi connectivity index (χ1) is 7.36. The predicted molar refractivity (Wildman–Crippen MR) is 68.7 cm³/mol. The van der Waals surface area contributed by atoms with Crippen LogP contribution in [0.2, 0.25) is 13.1 Å². The zero-order chi connectivity index (χ0) is 12.0. The molecule has 0 spiro atoms. The highest BCUT2D eigenvalue weighted by atomic mass is 28.3. The van der Waals surface area contributed by atoms with Gasteiger partial charge in [0.25, 0.3) is 0 Å². The van der Waals surface area contributed by atoms with Gasteiger partial charge in [0.2, 0.25) is 0 Å². The quantitative estimate of drug-likeness (QED) is 0.686. The second-order valence-electron chi connectivity index (χ2n) is 5.45. The molecule has 1 saturated heterocycles. The van der Waals surface area contributed by atoms with Crippen LogP contribution in [0.4, 0.5) is 0 Å². The minimum Gasteiger partial charge on any atom is -0.340 e. The van der Waals surface area contributed by atoms with Crippen LogP contribution in [-0.4, -0.2) is 26.1 Å². The number of allylic oxidation sites excluding steroid dienone is 2. The van der Waals surface area contributed by atoms with Crippen molar-refractivity contribution >= 4 is 8.07 Å². The summed E-state index contributed by atoms with van der Waals surface area (Å²) in [4.78, 5) is 0. The third-order valence-electron chi connectivity index (χ3n) is 3.27. The molecule has 0 N–H and O–H groups in total. The molecule has 0 unspecified atom stereocenters. The normalized spacial score (nSPS) is 32.1. The summed E-state index contributed by atoms with van der Waals surface area (Å²) in [5, 5.41) is 1.38. The van der Waals surface area contributed by atoms with E-state index in [1.807, 2.05) is 13.8 Å². The Morgan fingerprint density at radius 1 is 1.38 bits per heavy atom. The fraction of sp³-hybridized carbons (Fsp3) is 0.538. The SMILES string of the molecule is C=C[Si](C)(C)C1=CC=C[C@@H]2OC(C)(C)O[C@H]12. The highest BCUT2D eigenvalue weighted by Gasteiger charge is 2.45. The molecule has 0 radical (unpaired) electrons. The van der Waals surface area contributed by atoms with Crippen LogP contribution in [0.15, 0.2) is 35.7 Å². The molecule has 1 aliphatic carbocycles. The Hall–Kier alpha value is -0.643. The average Bonchev–Trinajstić information content (AvgIpc) is 2.50. The van der Waals surface area contributed by atoms with E-state index in [-0.39, 0.29) is 12.2 Å². The van der Waals surface area contributed by atoms with Gasteiger partial charge >= 0.3 is 0 Å². The van der Waals surface area contributed by atoms with Crippen LogP contribution in [0.1, 0.15) is 13.8 Å². The van der Waals surface area contributed by atoms with Crippen molar-refractivity contribution in [3.05, 3.63) is 35.7 Å². The Morgan fingerprint density at radius 2 is 2.06 bits per heavy atom. The fourth-order valence-electron chi connectivity index (χ4n) is 2.23. The lowest BCUT2D eigenvalue weighted by molar-refractivity contribution is -0.139. The van der Waals surface area contributed by atoms with Crippen LogP contribution >= 0.6 is 0 Å². The minimum absolute atomic E-state index is 0.0710. The van der Waals surface area contributed by atoms with Crippen molar-refractivity contribution in [3.63, 3.8) is 0 Å². The maximum Gasteiger partial charge on any atom is 0.164 e. The first-order valence-electron chi connectivity index (χ1n) is 5.74. The Bertz CT molecular complexity index is 366. The highest BCUT2D eigenvalue weighted by Crippen LogP contribution is 2.38. The van der Waals surface area contributed by atoms with Gasteiger partial charge < -0.3 is 9.47 Å². The fourth-order valence-corrected chi connectivity index (χ4v) is 3.95. The number of rotatable bonds is 2. The van der Waals surface area contributed by atoms with Crippen molar-refractivity contribution in [3.8, 4) is 0 Å². The van der Waals surface area contributed by atoms with E-state index < -0.39 is 13.9 Å². The Balaban J connectivity index is 2.32. The van der Waals surface area contributed by atoms with Gasteiger partial charge in [0.1, 0.15) is 20.3 Å². The van der Waals surface area contributed by atoms with Gasteiger partial charge in [-0.25, -0.2) is 0 Å². The Kier molecular flexibility index (Phi) is 2.73. The lowest BCUT2D eigenvalue weighted by Gasteiger charge is -2.30. The van der Waals surface area contributed by atoms with Crippen molar-refractivity contribution in [1.82, 2.24) is 0 Å². The number of ether oxygens (including phenoxy) is 2. The summed E-state index contributed by atoms with van der Waals surface area (Å²) in [5.41, 5.74) is 2.10. The van der Waals surface area contributed by atoms with E-state index in [0.717, 1.165) is 0 Å². The van der Waals surface area contributed by atoms with E-state index in [2.05, 4.69) is 43.6 Å². The van der Waals surface area contributed by atoms with Crippen molar-refractivity contribution < 1.29 is 9.47 Å². The van der Waals surface area contributed by atoms with Crippen LogP contribution in [0.3, 0.4) is 0 Å². The molecule has 2 nitrogen and oxygen atoms in total. The molecular weight excluding hydrogens is 216 g/mol. The van der Waals surface area contributed by atoms with Crippen LogP contribution in [0, 0.1) is 0 Å². The van der Waals surface area contributed by atoms with E-state index in [0.29, 0.717) is 0 Å². The molecule has 2 atom stereocenters. The molecule has 1 aliphatic heterocycles.